The third kappa shape index (κ3) is 3.39. The van der Waals surface area contributed by atoms with Crippen molar-refractivity contribution in [2.24, 2.45) is 0 Å². The summed E-state index contributed by atoms with van der Waals surface area (Å²) >= 11 is 6.06. The van der Waals surface area contributed by atoms with Gasteiger partial charge in [-0.25, -0.2) is 0 Å². The van der Waals surface area contributed by atoms with Gasteiger partial charge in [0.1, 0.15) is 6.10 Å². The molecule has 1 aliphatic rings. The highest BCUT2D eigenvalue weighted by atomic mass is 35.5. The molecule has 1 saturated heterocycles. The number of hydrogen-bond donors (Lipinski definition) is 0. The number of nitro benzene ring substituents is 1. The molecule has 0 N–H and O–H groups in total. The van der Waals surface area contributed by atoms with Gasteiger partial charge in [-0.05, 0) is 11.6 Å². The number of hydrogen-bond acceptors (Lipinski definition) is 4. The van der Waals surface area contributed by atoms with Crippen LogP contribution < -0.4 is 0 Å². The van der Waals surface area contributed by atoms with Gasteiger partial charge in [-0.1, -0.05) is 41.9 Å². The Morgan fingerprint density at radius 2 is 2.00 bits per heavy atom. The molecule has 7 heteroatoms. The summed E-state index contributed by atoms with van der Waals surface area (Å²) in [6.45, 7) is 1.29. The number of non-ortho nitro benzene ring substituents is 1. The van der Waals surface area contributed by atoms with Gasteiger partial charge in [-0.15, -0.1) is 0 Å². The lowest BCUT2D eigenvalue weighted by atomic mass is 10.1. The second-order valence-electron chi connectivity index (χ2n) is 5.44. The number of ether oxygens (including phenoxy) is 1. The van der Waals surface area contributed by atoms with E-state index in [0.717, 1.165) is 5.56 Å². The van der Waals surface area contributed by atoms with Crippen molar-refractivity contribution < 1.29 is 14.5 Å². The molecule has 2 aromatic rings. The number of halogens is 1. The quantitative estimate of drug-likeness (QED) is 0.630. The maximum absolute atomic E-state index is 12.7. The zero-order valence-corrected chi connectivity index (χ0v) is 13.5. The summed E-state index contributed by atoms with van der Waals surface area (Å²) in [5.41, 5.74) is 1.13. The predicted molar refractivity (Wildman–Crippen MR) is 89.1 cm³/mol. The molecule has 1 amide bonds. The van der Waals surface area contributed by atoms with Gasteiger partial charge in [0, 0.05) is 18.7 Å². The summed E-state index contributed by atoms with van der Waals surface area (Å²) in [4.78, 5) is 24.6. The number of carbonyl (C=O) groups excluding carboxylic acids is 1. The normalized spacial score (nSPS) is 17.5. The lowest BCUT2D eigenvalue weighted by molar-refractivity contribution is -0.384. The van der Waals surface area contributed by atoms with Crippen LogP contribution in [0.5, 0.6) is 0 Å². The van der Waals surface area contributed by atoms with Gasteiger partial charge in [0.05, 0.1) is 28.7 Å². The molecule has 3 rings (SSSR count). The first kappa shape index (κ1) is 16.4. The first-order chi connectivity index (χ1) is 11.6. The summed E-state index contributed by atoms with van der Waals surface area (Å²) in [7, 11) is 0. The Morgan fingerprint density at radius 3 is 2.67 bits per heavy atom. The molecule has 24 heavy (non-hydrogen) atoms. The molecular formula is C17H15ClN2O4. The van der Waals surface area contributed by atoms with Gasteiger partial charge in [-0.2, -0.15) is 0 Å². The third-order valence-electron chi connectivity index (χ3n) is 3.92. The largest absolute Gasteiger partial charge is 0.370 e. The third-order valence-corrected chi connectivity index (χ3v) is 4.23. The second-order valence-corrected chi connectivity index (χ2v) is 5.85. The molecule has 1 atom stereocenters. The van der Waals surface area contributed by atoms with Crippen molar-refractivity contribution in [3.8, 4) is 0 Å². The molecule has 0 aromatic heterocycles. The number of nitro groups is 1. The smallest absolute Gasteiger partial charge is 0.270 e. The molecule has 6 nitrogen and oxygen atoms in total. The van der Waals surface area contributed by atoms with Gasteiger partial charge in [-0.3, -0.25) is 14.9 Å². The van der Waals surface area contributed by atoms with Crippen LogP contribution in [0, 0.1) is 10.1 Å². The Kier molecular flexibility index (Phi) is 4.78. The Bertz CT molecular complexity index is 766. The topological polar surface area (TPSA) is 72.7 Å². The lowest BCUT2D eigenvalue weighted by Crippen LogP contribution is -2.42. The van der Waals surface area contributed by atoms with Crippen LogP contribution in [-0.2, 0) is 4.74 Å². The number of amides is 1. The second kappa shape index (κ2) is 6.98. The van der Waals surface area contributed by atoms with Crippen LogP contribution in [0.4, 0.5) is 5.69 Å². The van der Waals surface area contributed by atoms with Gasteiger partial charge in [0.2, 0.25) is 0 Å². The molecule has 0 saturated carbocycles. The highest BCUT2D eigenvalue weighted by Gasteiger charge is 2.27. The fourth-order valence-electron chi connectivity index (χ4n) is 2.66. The minimum atomic E-state index is -0.541. The van der Waals surface area contributed by atoms with E-state index in [2.05, 4.69) is 0 Å². The van der Waals surface area contributed by atoms with Crippen LogP contribution in [0.15, 0.2) is 48.5 Å². The van der Waals surface area contributed by atoms with Gasteiger partial charge in [0.25, 0.3) is 11.6 Å². The SMILES string of the molecule is O=C(c1ccc([N+](=O)[O-])cc1Cl)N1CCOC(c2ccccc2)C1. The zero-order valence-electron chi connectivity index (χ0n) is 12.7. The summed E-state index contributed by atoms with van der Waals surface area (Å²) < 4.78 is 5.74. The van der Waals surface area contributed by atoms with E-state index < -0.39 is 4.92 Å². The van der Waals surface area contributed by atoms with Gasteiger partial charge >= 0.3 is 0 Å². The van der Waals surface area contributed by atoms with Crippen molar-refractivity contribution in [3.05, 3.63) is 74.8 Å². The molecule has 2 aromatic carbocycles. The van der Waals surface area contributed by atoms with Crippen LogP contribution >= 0.6 is 11.6 Å². The molecular weight excluding hydrogens is 332 g/mol. The maximum Gasteiger partial charge on any atom is 0.270 e. The van der Waals surface area contributed by atoms with Gasteiger partial charge < -0.3 is 9.64 Å². The van der Waals surface area contributed by atoms with Gasteiger partial charge in [0.15, 0.2) is 0 Å². The number of carbonyl (C=O) groups is 1. The van der Waals surface area contributed by atoms with Crippen LogP contribution in [-0.4, -0.2) is 35.4 Å². The Labute approximate surface area is 143 Å². The Hall–Kier alpha value is -2.44. The lowest BCUT2D eigenvalue weighted by Gasteiger charge is -2.33. The van der Waals surface area contributed by atoms with Crippen molar-refractivity contribution in [3.63, 3.8) is 0 Å². The summed E-state index contributed by atoms with van der Waals surface area (Å²) in [5, 5.41) is 10.9. The molecule has 0 bridgehead atoms. The molecule has 0 aliphatic carbocycles. The van der Waals surface area contributed by atoms with E-state index in [1.165, 1.54) is 18.2 Å². The monoisotopic (exact) mass is 346 g/mol. The van der Waals surface area contributed by atoms with E-state index in [4.69, 9.17) is 16.3 Å². The minimum Gasteiger partial charge on any atom is -0.370 e. The number of nitrogens with zero attached hydrogens (tertiary/aromatic N) is 2. The summed E-state index contributed by atoms with van der Waals surface area (Å²) in [6, 6.07) is 13.6. The van der Waals surface area contributed by atoms with Crippen molar-refractivity contribution in [2.75, 3.05) is 19.7 Å². The zero-order chi connectivity index (χ0) is 17.1. The molecule has 0 spiro atoms. The fourth-order valence-corrected chi connectivity index (χ4v) is 2.92. The summed E-state index contributed by atoms with van der Waals surface area (Å²) in [6.07, 6.45) is -0.194. The average Bonchev–Trinajstić information content (AvgIpc) is 2.62. The van der Waals surface area contributed by atoms with Crippen LogP contribution in [0.3, 0.4) is 0 Å². The van der Waals surface area contributed by atoms with E-state index in [0.29, 0.717) is 19.7 Å². The number of morpholine rings is 1. The van der Waals surface area contributed by atoms with E-state index >= 15 is 0 Å². The van der Waals surface area contributed by atoms with Crippen LogP contribution in [0.2, 0.25) is 5.02 Å². The fraction of sp³-hybridized carbons (Fsp3) is 0.235. The summed E-state index contributed by atoms with van der Waals surface area (Å²) in [5.74, 6) is -0.251. The van der Waals surface area contributed by atoms with E-state index in [1.807, 2.05) is 30.3 Å². The highest BCUT2D eigenvalue weighted by molar-refractivity contribution is 6.34. The average molecular weight is 347 g/mol. The van der Waals surface area contributed by atoms with E-state index in [1.54, 1.807) is 4.90 Å². The Balaban J connectivity index is 1.78. The standard InChI is InChI=1S/C17H15ClN2O4/c18-15-10-13(20(22)23)6-7-14(15)17(21)19-8-9-24-16(11-19)12-4-2-1-3-5-12/h1-7,10,16H,8-9,11H2. The van der Waals surface area contributed by atoms with Crippen molar-refractivity contribution in [1.29, 1.82) is 0 Å². The molecule has 1 fully saturated rings. The molecule has 1 unspecified atom stereocenters. The number of rotatable bonds is 3. The number of benzene rings is 2. The molecule has 1 heterocycles. The maximum atomic E-state index is 12.7. The van der Waals surface area contributed by atoms with Crippen LogP contribution in [0.1, 0.15) is 22.0 Å². The highest BCUT2D eigenvalue weighted by Crippen LogP contribution is 2.27. The first-order valence-electron chi connectivity index (χ1n) is 7.46. The minimum absolute atomic E-state index is 0.0805. The van der Waals surface area contributed by atoms with Crippen molar-refractivity contribution >= 4 is 23.2 Å². The predicted octanol–water partition coefficient (Wildman–Crippen LogP) is 3.46. The Morgan fingerprint density at radius 1 is 1.25 bits per heavy atom. The van der Waals surface area contributed by atoms with Crippen molar-refractivity contribution in [1.82, 2.24) is 4.90 Å². The molecule has 124 valence electrons. The van der Waals surface area contributed by atoms with E-state index in [9.17, 15) is 14.9 Å². The molecule has 0 radical (unpaired) electrons. The van der Waals surface area contributed by atoms with E-state index in [-0.39, 0.29) is 28.3 Å². The van der Waals surface area contributed by atoms with Crippen molar-refractivity contribution in [2.45, 2.75) is 6.10 Å². The van der Waals surface area contributed by atoms with Crippen LogP contribution in [0.25, 0.3) is 0 Å². The first-order valence-corrected chi connectivity index (χ1v) is 7.84. The molecule has 1 aliphatic heterocycles.